The van der Waals surface area contributed by atoms with Crippen LogP contribution in [0.4, 0.5) is 5.69 Å². The van der Waals surface area contributed by atoms with Crippen molar-refractivity contribution in [3.05, 3.63) is 29.3 Å². The van der Waals surface area contributed by atoms with Gasteiger partial charge >= 0.3 is 0 Å². The SMILES string of the molecule is CC1(C)CCCC1C(O)c1ccc2c(c1)CCCC(=O)N2. The molecule has 0 saturated heterocycles. The maximum atomic E-state index is 11.6. The highest BCUT2D eigenvalue weighted by Crippen LogP contribution is 2.48. The van der Waals surface area contributed by atoms with Crippen molar-refractivity contribution in [2.75, 3.05) is 5.32 Å². The first-order valence-corrected chi connectivity index (χ1v) is 8.08. The molecule has 3 rings (SSSR count). The van der Waals surface area contributed by atoms with Gasteiger partial charge in [-0.05, 0) is 54.2 Å². The van der Waals surface area contributed by atoms with Crippen LogP contribution in [0, 0.1) is 11.3 Å². The van der Waals surface area contributed by atoms with Crippen LogP contribution in [-0.4, -0.2) is 11.0 Å². The minimum Gasteiger partial charge on any atom is -0.388 e. The fraction of sp³-hybridized carbons (Fsp3) is 0.611. The molecule has 1 heterocycles. The second-order valence-corrected chi connectivity index (χ2v) is 7.25. The van der Waals surface area contributed by atoms with E-state index in [1.807, 2.05) is 12.1 Å². The van der Waals surface area contributed by atoms with Gasteiger partial charge in [-0.25, -0.2) is 0 Å². The number of aliphatic hydroxyl groups excluding tert-OH is 1. The van der Waals surface area contributed by atoms with Crippen LogP contribution in [0.15, 0.2) is 18.2 Å². The summed E-state index contributed by atoms with van der Waals surface area (Å²) in [7, 11) is 0. The zero-order valence-electron chi connectivity index (χ0n) is 13.0. The van der Waals surface area contributed by atoms with E-state index in [9.17, 15) is 9.90 Å². The summed E-state index contributed by atoms with van der Waals surface area (Å²) in [6.07, 6.45) is 5.47. The summed E-state index contributed by atoms with van der Waals surface area (Å²) in [5.74, 6) is 0.426. The monoisotopic (exact) mass is 287 g/mol. The largest absolute Gasteiger partial charge is 0.388 e. The summed E-state index contributed by atoms with van der Waals surface area (Å²) in [6.45, 7) is 4.52. The van der Waals surface area contributed by atoms with E-state index in [4.69, 9.17) is 0 Å². The summed E-state index contributed by atoms with van der Waals surface area (Å²) in [5.41, 5.74) is 3.29. The Balaban J connectivity index is 1.86. The lowest BCUT2D eigenvalue weighted by Gasteiger charge is -2.31. The van der Waals surface area contributed by atoms with Gasteiger partial charge < -0.3 is 10.4 Å². The van der Waals surface area contributed by atoms with Crippen molar-refractivity contribution in [1.82, 2.24) is 0 Å². The van der Waals surface area contributed by atoms with Gasteiger partial charge in [-0.15, -0.1) is 0 Å². The topological polar surface area (TPSA) is 49.3 Å². The fourth-order valence-electron chi connectivity index (χ4n) is 3.95. The van der Waals surface area contributed by atoms with Crippen LogP contribution in [-0.2, 0) is 11.2 Å². The number of fused-ring (bicyclic) bond motifs is 1. The van der Waals surface area contributed by atoms with Crippen molar-refractivity contribution in [2.45, 2.75) is 58.5 Å². The first kappa shape index (κ1) is 14.6. The van der Waals surface area contributed by atoms with Gasteiger partial charge in [0.1, 0.15) is 0 Å². The molecular formula is C18H25NO2. The molecule has 2 atom stereocenters. The molecule has 0 bridgehead atoms. The second-order valence-electron chi connectivity index (χ2n) is 7.25. The summed E-state index contributed by atoms with van der Waals surface area (Å²) in [5, 5.41) is 13.7. The third-order valence-electron chi connectivity index (χ3n) is 5.32. The first-order chi connectivity index (χ1) is 9.97. The zero-order valence-corrected chi connectivity index (χ0v) is 13.0. The summed E-state index contributed by atoms with van der Waals surface area (Å²) >= 11 is 0. The Morgan fingerprint density at radius 2 is 2.10 bits per heavy atom. The van der Waals surface area contributed by atoms with Gasteiger partial charge in [-0.2, -0.15) is 0 Å². The molecule has 21 heavy (non-hydrogen) atoms. The second kappa shape index (κ2) is 5.45. The van der Waals surface area contributed by atoms with Crippen molar-refractivity contribution >= 4 is 11.6 Å². The lowest BCUT2D eigenvalue weighted by Crippen LogP contribution is -2.24. The number of nitrogens with one attached hydrogen (secondary N) is 1. The van der Waals surface area contributed by atoms with Crippen LogP contribution in [0.25, 0.3) is 0 Å². The molecule has 0 spiro atoms. The Morgan fingerprint density at radius 1 is 1.29 bits per heavy atom. The van der Waals surface area contributed by atoms with E-state index in [1.54, 1.807) is 0 Å². The average Bonchev–Trinajstić information content (AvgIpc) is 2.67. The molecule has 114 valence electrons. The van der Waals surface area contributed by atoms with Gasteiger partial charge in [0.15, 0.2) is 0 Å². The molecule has 1 amide bonds. The average molecular weight is 287 g/mol. The predicted octanol–water partition coefficient (Wildman–Crippen LogP) is 3.82. The van der Waals surface area contributed by atoms with Gasteiger partial charge in [-0.3, -0.25) is 4.79 Å². The number of benzene rings is 1. The van der Waals surface area contributed by atoms with E-state index in [2.05, 4.69) is 25.2 Å². The van der Waals surface area contributed by atoms with Gasteiger partial charge in [0, 0.05) is 12.1 Å². The number of aliphatic hydroxyl groups is 1. The van der Waals surface area contributed by atoms with Crippen LogP contribution >= 0.6 is 0 Å². The molecule has 1 aliphatic heterocycles. The zero-order chi connectivity index (χ0) is 15.0. The highest BCUT2D eigenvalue weighted by Gasteiger charge is 2.39. The number of aryl methyl sites for hydroxylation is 1. The van der Waals surface area contributed by atoms with E-state index < -0.39 is 6.10 Å². The van der Waals surface area contributed by atoms with Crippen LogP contribution in [0.3, 0.4) is 0 Å². The van der Waals surface area contributed by atoms with Gasteiger partial charge in [-0.1, -0.05) is 32.4 Å². The van der Waals surface area contributed by atoms with Gasteiger partial charge in [0.05, 0.1) is 6.10 Å². The molecule has 3 heteroatoms. The number of amides is 1. The first-order valence-electron chi connectivity index (χ1n) is 8.08. The van der Waals surface area contributed by atoms with Crippen LogP contribution in [0.2, 0.25) is 0 Å². The quantitative estimate of drug-likeness (QED) is 0.868. The minimum atomic E-state index is -0.397. The Kier molecular flexibility index (Phi) is 3.78. The number of hydrogen-bond acceptors (Lipinski definition) is 2. The van der Waals surface area contributed by atoms with Crippen LogP contribution in [0.1, 0.15) is 63.2 Å². The Bertz CT molecular complexity index is 550. The lowest BCUT2D eigenvalue weighted by atomic mass is 9.76. The molecule has 1 aromatic rings. The van der Waals surface area contributed by atoms with E-state index in [1.165, 1.54) is 12.8 Å². The fourth-order valence-corrected chi connectivity index (χ4v) is 3.95. The van der Waals surface area contributed by atoms with E-state index in [0.717, 1.165) is 36.1 Å². The Labute approximate surface area is 126 Å². The standard InChI is InChI=1S/C18H25NO2/c1-18(2)10-4-6-14(18)17(21)13-8-9-15-12(11-13)5-3-7-16(20)19-15/h8-9,11,14,17,21H,3-7,10H2,1-2H3,(H,19,20). The smallest absolute Gasteiger partial charge is 0.224 e. The van der Waals surface area contributed by atoms with E-state index >= 15 is 0 Å². The molecular weight excluding hydrogens is 262 g/mol. The number of carbonyl (C=O) groups excluding carboxylic acids is 1. The number of hydrogen-bond donors (Lipinski definition) is 2. The number of carbonyl (C=O) groups is 1. The molecule has 1 aliphatic carbocycles. The van der Waals surface area contributed by atoms with E-state index in [0.29, 0.717) is 12.3 Å². The number of anilines is 1. The third-order valence-corrected chi connectivity index (χ3v) is 5.32. The summed E-state index contributed by atoms with van der Waals surface area (Å²) in [6, 6.07) is 6.03. The molecule has 2 aliphatic rings. The lowest BCUT2D eigenvalue weighted by molar-refractivity contribution is -0.116. The van der Waals surface area contributed by atoms with Crippen molar-refractivity contribution in [3.8, 4) is 0 Å². The molecule has 1 saturated carbocycles. The maximum absolute atomic E-state index is 11.6. The molecule has 0 aromatic heterocycles. The van der Waals surface area contributed by atoms with Gasteiger partial charge in [0.25, 0.3) is 0 Å². The molecule has 2 unspecified atom stereocenters. The van der Waals surface area contributed by atoms with Gasteiger partial charge in [0.2, 0.25) is 5.91 Å². The van der Waals surface area contributed by atoms with Crippen molar-refractivity contribution in [2.24, 2.45) is 11.3 Å². The van der Waals surface area contributed by atoms with Crippen LogP contribution in [0.5, 0.6) is 0 Å². The summed E-state index contributed by atoms with van der Waals surface area (Å²) in [4.78, 5) is 11.6. The molecule has 2 N–H and O–H groups in total. The van der Waals surface area contributed by atoms with E-state index in [-0.39, 0.29) is 11.3 Å². The predicted molar refractivity (Wildman–Crippen MR) is 84.1 cm³/mol. The van der Waals surface area contributed by atoms with Crippen molar-refractivity contribution in [1.29, 1.82) is 0 Å². The van der Waals surface area contributed by atoms with Crippen LogP contribution < -0.4 is 5.32 Å². The highest BCUT2D eigenvalue weighted by atomic mass is 16.3. The van der Waals surface area contributed by atoms with Crippen molar-refractivity contribution in [3.63, 3.8) is 0 Å². The van der Waals surface area contributed by atoms with Crippen molar-refractivity contribution < 1.29 is 9.90 Å². The summed E-state index contributed by atoms with van der Waals surface area (Å²) < 4.78 is 0. The Morgan fingerprint density at radius 3 is 2.81 bits per heavy atom. The molecule has 3 nitrogen and oxygen atoms in total. The molecule has 1 aromatic carbocycles. The minimum absolute atomic E-state index is 0.0963. The third kappa shape index (κ3) is 2.84. The molecule has 0 radical (unpaired) electrons. The molecule has 1 fully saturated rings. The normalized spacial score (nSPS) is 25.9. The number of rotatable bonds is 2. The maximum Gasteiger partial charge on any atom is 0.224 e. The highest BCUT2D eigenvalue weighted by molar-refractivity contribution is 5.92. The Hall–Kier alpha value is -1.35.